The lowest BCUT2D eigenvalue weighted by atomic mass is 9.90. The van der Waals surface area contributed by atoms with E-state index in [2.05, 4.69) is 5.32 Å². The highest BCUT2D eigenvalue weighted by atomic mass is 32.2. The topological polar surface area (TPSA) is 75.7 Å². The van der Waals surface area contributed by atoms with E-state index < -0.39 is 9.84 Å². The molecule has 2 aliphatic heterocycles. The van der Waals surface area contributed by atoms with E-state index in [0.717, 1.165) is 18.5 Å². The lowest BCUT2D eigenvalue weighted by Crippen LogP contribution is -2.35. The third-order valence-corrected chi connectivity index (χ3v) is 7.01. The number of rotatable bonds is 3. The van der Waals surface area contributed by atoms with Gasteiger partial charge in [-0.05, 0) is 48.9 Å². The summed E-state index contributed by atoms with van der Waals surface area (Å²) in [6.45, 7) is 1.50. The van der Waals surface area contributed by atoms with Gasteiger partial charge in [0.2, 0.25) is 9.84 Å². The lowest BCUT2D eigenvalue weighted by Gasteiger charge is -2.28. The smallest absolute Gasteiger partial charge is 0.253 e. The summed E-state index contributed by atoms with van der Waals surface area (Å²) < 4.78 is 32.0. The first-order valence-corrected chi connectivity index (χ1v) is 10.4. The number of carbonyl (C=O) groups excluding carboxylic acids is 1. The lowest BCUT2D eigenvalue weighted by molar-refractivity contribution is 0.0827. The molecule has 142 valence electrons. The second-order valence-electron chi connectivity index (χ2n) is 7.20. The van der Waals surface area contributed by atoms with Crippen molar-refractivity contribution < 1.29 is 17.9 Å². The number of nitrogens with one attached hydrogen (secondary N) is 1. The maximum atomic E-state index is 13.1. The van der Waals surface area contributed by atoms with Crippen LogP contribution in [0.3, 0.4) is 0 Å². The molecule has 1 saturated heterocycles. The van der Waals surface area contributed by atoms with Crippen molar-refractivity contribution in [3.05, 3.63) is 53.6 Å². The highest BCUT2D eigenvalue weighted by Crippen LogP contribution is 2.40. The fourth-order valence-corrected chi connectivity index (χ4v) is 5.12. The molecule has 0 aromatic heterocycles. The standard InChI is InChI=1S/C20H22N2O4S/c1-22(2)20(23)13-4-3-5-14(10-13)27(24,25)15-6-7-17-16-8-9-21-18(16)12-26-19(17)11-15/h3-7,10-11,16,18,21H,8-9,12H2,1-2H3/t16-,18+/m0/s1. The highest BCUT2D eigenvalue weighted by Gasteiger charge is 2.35. The van der Waals surface area contributed by atoms with Gasteiger partial charge in [-0.25, -0.2) is 8.42 Å². The van der Waals surface area contributed by atoms with Gasteiger partial charge in [-0.2, -0.15) is 0 Å². The Morgan fingerprint density at radius 3 is 2.70 bits per heavy atom. The number of amides is 1. The Bertz CT molecular complexity index is 1000. The van der Waals surface area contributed by atoms with Crippen LogP contribution in [0.2, 0.25) is 0 Å². The van der Waals surface area contributed by atoms with Crippen molar-refractivity contribution >= 4 is 15.7 Å². The van der Waals surface area contributed by atoms with Crippen LogP contribution in [0.25, 0.3) is 0 Å². The molecule has 27 heavy (non-hydrogen) atoms. The van der Waals surface area contributed by atoms with Crippen molar-refractivity contribution in [2.24, 2.45) is 0 Å². The number of ether oxygens (including phenoxy) is 1. The zero-order chi connectivity index (χ0) is 19.2. The molecule has 1 amide bonds. The van der Waals surface area contributed by atoms with Crippen LogP contribution in [-0.2, 0) is 9.84 Å². The Morgan fingerprint density at radius 2 is 1.93 bits per heavy atom. The molecule has 6 nitrogen and oxygen atoms in total. The first-order chi connectivity index (χ1) is 12.9. The fraction of sp³-hybridized carbons (Fsp3) is 0.350. The average molecular weight is 386 g/mol. The number of fused-ring (bicyclic) bond motifs is 3. The first-order valence-electron chi connectivity index (χ1n) is 8.95. The molecule has 2 atom stereocenters. The summed E-state index contributed by atoms with van der Waals surface area (Å²) in [4.78, 5) is 13.9. The zero-order valence-corrected chi connectivity index (χ0v) is 16.1. The Kier molecular flexibility index (Phi) is 4.44. The molecule has 0 saturated carbocycles. The van der Waals surface area contributed by atoms with Gasteiger partial charge in [0.05, 0.1) is 9.79 Å². The summed E-state index contributed by atoms with van der Waals surface area (Å²) in [5.41, 5.74) is 1.40. The molecule has 2 heterocycles. The van der Waals surface area contributed by atoms with Gasteiger partial charge >= 0.3 is 0 Å². The number of sulfone groups is 1. The van der Waals surface area contributed by atoms with Crippen LogP contribution in [0.4, 0.5) is 0 Å². The largest absolute Gasteiger partial charge is 0.492 e. The monoisotopic (exact) mass is 386 g/mol. The normalized spacial score (nSPS) is 21.1. The molecule has 2 aromatic rings. The molecule has 0 aliphatic carbocycles. The van der Waals surface area contributed by atoms with Crippen molar-refractivity contribution in [2.45, 2.75) is 28.2 Å². The van der Waals surface area contributed by atoms with Crippen LogP contribution in [0.15, 0.2) is 52.3 Å². The predicted octanol–water partition coefficient (Wildman–Crippen LogP) is 2.06. The van der Waals surface area contributed by atoms with Gasteiger partial charge in [0, 0.05) is 31.6 Å². The molecule has 0 unspecified atom stereocenters. The van der Waals surface area contributed by atoms with Crippen LogP contribution < -0.4 is 10.1 Å². The van der Waals surface area contributed by atoms with Gasteiger partial charge in [0.1, 0.15) is 12.4 Å². The third kappa shape index (κ3) is 3.11. The molecule has 0 radical (unpaired) electrons. The van der Waals surface area contributed by atoms with E-state index in [-0.39, 0.29) is 15.7 Å². The number of nitrogens with zero attached hydrogens (tertiary/aromatic N) is 1. The van der Waals surface area contributed by atoms with E-state index in [9.17, 15) is 13.2 Å². The Balaban J connectivity index is 1.71. The molecule has 4 rings (SSSR count). The third-order valence-electron chi connectivity index (χ3n) is 5.26. The molecule has 2 aromatic carbocycles. The van der Waals surface area contributed by atoms with E-state index in [1.165, 1.54) is 17.0 Å². The summed E-state index contributed by atoms with van der Waals surface area (Å²) in [6, 6.07) is 11.6. The summed E-state index contributed by atoms with van der Waals surface area (Å²) in [7, 11) is -0.474. The highest BCUT2D eigenvalue weighted by molar-refractivity contribution is 7.91. The summed E-state index contributed by atoms with van der Waals surface area (Å²) in [6.07, 6.45) is 1.03. The average Bonchev–Trinajstić information content (AvgIpc) is 3.16. The van der Waals surface area contributed by atoms with Crippen molar-refractivity contribution in [2.75, 3.05) is 27.2 Å². The number of hydrogen-bond acceptors (Lipinski definition) is 5. The van der Waals surface area contributed by atoms with E-state index in [1.807, 2.05) is 6.07 Å². The minimum Gasteiger partial charge on any atom is -0.492 e. The molecule has 7 heteroatoms. The molecular formula is C20H22N2O4S. The molecule has 0 spiro atoms. The summed E-state index contributed by atoms with van der Waals surface area (Å²) in [5.74, 6) is 0.772. The quantitative estimate of drug-likeness (QED) is 0.874. The number of carbonyl (C=O) groups is 1. The Hall–Kier alpha value is -2.38. The Labute approximate surface area is 159 Å². The minimum atomic E-state index is -3.74. The van der Waals surface area contributed by atoms with Crippen molar-refractivity contribution in [3.63, 3.8) is 0 Å². The van der Waals surface area contributed by atoms with Crippen LogP contribution in [0.1, 0.15) is 28.3 Å². The van der Waals surface area contributed by atoms with E-state index in [1.54, 1.807) is 38.4 Å². The molecule has 1 N–H and O–H groups in total. The van der Waals surface area contributed by atoms with Gasteiger partial charge in [-0.1, -0.05) is 12.1 Å². The van der Waals surface area contributed by atoms with Gasteiger partial charge in [0.15, 0.2) is 0 Å². The zero-order valence-electron chi connectivity index (χ0n) is 15.3. The maximum absolute atomic E-state index is 13.1. The second kappa shape index (κ2) is 6.65. The molecular weight excluding hydrogens is 364 g/mol. The Morgan fingerprint density at radius 1 is 1.15 bits per heavy atom. The first kappa shape index (κ1) is 18.0. The maximum Gasteiger partial charge on any atom is 0.253 e. The van der Waals surface area contributed by atoms with Crippen LogP contribution in [-0.4, -0.2) is 52.5 Å². The van der Waals surface area contributed by atoms with Crippen molar-refractivity contribution in [1.82, 2.24) is 10.2 Å². The summed E-state index contributed by atoms with van der Waals surface area (Å²) >= 11 is 0. The SMILES string of the molecule is CN(C)C(=O)c1cccc(S(=O)(=O)c2ccc3c(c2)OC[C@H]2NCC[C@@H]32)c1. The van der Waals surface area contributed by atoms with Gasteiger partial charge < -0.3 is 15.0 Å². The minimum absolute atomic E-state index is 0.103. The van der Waals surface area contributed by atoms with E-state index >= 15 is 0 Å². The van der Waals surface area contributed by atoms with E-state index in [0.29, 0.717) is 29.9 Å². The van der Waals surface area contributed by atoms with Crippen LogP contribution >= 0.6 is 0 Å². The fourth-order valence-electron chi connectivity index (χ4n) is 3.80. The van der Waals surface area contributed by atoms with Crippen molar-refractivity contribution in [3.8, 4) is 5.75 Å². The summed E-state index contributed by atoms with van der Waals surface area (Å²) in [5, 5.41) is 3.42. The van der Waals surface area contributed by atoms with Gasteiger partial charge in [-0.15, -0.1) is 0 Å². The van der Waals surface area contributed by atoms with E-state index in [4.69, 9.17) is 4.74 Å². The van der Waals surface area contributed by atoms with Crippen LogP contribution in [0, 0.1) is 0 Å². The van der Waals surface area contributed by atoms with Crippen LogP contribution in [0.5, 0.6) is 5.75 Å². The molecule has 0 bridgehead atoms. The molecule has 2 aliphatic rings. The number of benzene rings is 2. The number of hydrogen-bond donors (Lipinski definition) is 1. The van der Waals surface area contributed by atoms with Crippen molar-refractivity contribution in [1.29, 1.82) is 0 Å². The van der Waals surface area contributed by atoms with Gasteiger partial charge in [0.25, 0.3) is 5.91 Å². The van der Waals surface area contributed by atoms with Gasteiger partial charge in [-0.3, -0.25) is 4.79 Å². The second-order valence-corrected chi connectivity index (χ2v) is 9.15. The molecule has 1 fully saturated rings. The predicted molar refractivity (Wildman–Crippen MR) is 101 cm³/mol.